The van der Waals surface area contributed by atoms with Gasteiger partial charge in [0.15, 0.2) is 0 Å². The average molecular weight is 396 g/mol. The number of aromatic nitrogens is 2. The summed E-state index contributed by atoms with van der Waals surface area (Å²) < 4.78 is 29.6. The molecule has 2 fully saturated rings. The standard InChI is InChI=1S/C22H22F2N4O/c1-21(29)9-22(10-21)11-28(12-22)19-5-14(23)4-18(27-19)16-3-2-13-8-26-15(7-25)6-17(13)20(16)24/h2-6,8,29H,7,9-12,25H2,1H3. The Labute approximate surface area is 167 Å². The van der Waals surface area contributed by atoms with Gasteiger partial charge in [0.1, 0.15) is 17.5 Å². The van der Waals surface area contributed by atoms with Crippen molar-refractivity contribution in [3.05, 3.63) is 53.9 Å². The van der Waals surface area contributed by atoms with Gasteiger partial charge in [0.2, 0.25) is 0 Å². The summed E-state index contributed by atoms with van der Waals surface area (Å²) in [5.41, 5.74) is 6.21. The number of anilines is 1. The van der Waals surface area contributed by atoms with E-state index < -0.39 is 17.2 Å². The number of hydrogen-bond donors (Lipinski definition) is 2. The monoisotopic (exact) mass is 396 g/mol. The number of hydrogen-bond acceptors (Lipinski definition) is 5. The van der Waals surface area contributed by atoms with Gasteiger partial charge in [0.25, 0.3) is 0 Å². The Kier molecular flexibility index (Phi) is 3.92. The zero-order chi connectivity index (χ0) is 20.4. The zero-order valence-electron chi connectivity index (χ0n) is 16.1. The maximum Gasteiger partial charge on any atom is 0.140 e. The van der Waals surface area contributed by atoms with Gasteiger partial charge in [-0.3, -0.25) is 4.98 Å². The van der Waals surface area contributed by atoms with Crippen LogP contribution in [0.2, 0.25) is 0 Å². The molecule has 0 radical (unpaired) electrons. The van der Waals surface area contributed by atoms with Crippen LogP contribution in [0, 0.1) is 17.0 Å². The van der Waals surface area contributed by atoms with Gasteiger partial charge >= 0.3 is 0 Å². The maximum atomic E-state index is 15.2. The second-order valence-corrected chi connectivity index (χ2v) is 8.76. The Bertz CT molecular complexity index is 1120. The van der Waals surface area contributed by atoms with Crippen LogP contribution in [0.25, 0.3) is 22.0 Å². The molecule has 0 unspecified atom stereocenters. The van der Waals surface area contributed by atoms with Crippen LogP contribution in [0.3, 0.4) is 0 Å². The number of aliphatic hydroxyl groups is 1. The first kappa shape index (κ1) is 18.4. The van der Waals surface area contributed by atoms with Crippen LogP contribution in [-0.4, -0.2) is 33.8 Å². The Hall–Kier alpha value is -2.64. The zero-order valence-corrected chi connectivity index (χ0v) is 16.1. The van der Waals surface area contributed by atoms with Gasteiger partial charge in [-0.15, -0.1) is 0 Å². The first-order valence-corrected chi connectivity index (χ1v) is 9.70. The summed E-state index contributed by atoms with van der Waals surface area (Å²) in [4.78, 5) is 10.7. The Balaban J connectivity index is 1.48. The number of nitrogens with two attached hydrogens (primary N) is 1. The fraction of sp³-hybridized carbons (Fsp3) is 0.364. The third kappa shape index (κ3) is 3.05. The van der Waals surface area contributed by atoms with E-state index in [-0.39, 0.29) is 23.2 Å². The van der Waals surface area contributed by atoms with Gasteiger partial charge in [-0.1, -0.05) is 6.07 Å². The van der Waals surface area contributed by atoms with Gasteiger partial charge in [-0.2, -0.15) is 0 Å². The molecule has 3 heterocycles. The van der Waals surface area contributed by atoms with Crippen molar-refractivity contribution in [3.8, 4) is 11.3 Å². The van der Waals surface area contributed by atoms with E-state index in [1.165, 1.54) is 12.1 Å². The summed E-state index contributed by atoms with van der Waals surface area (Å²) in [6.45, 7) is 3.51. The SMILES string of the molecule is CC1(O)CC2(CN(c3cc(F)cc(-c4ccc5cnc(CN)cc5c4F)n3)C2)C1. The maximum absolute atomic E-state index is 15.2. The fourth-order valence-electron chi connectivity index (χ4n) is 5.03. The molecule has 0 atom stereocenters. The van der Waals surface area contributed by atoms with Crippen molar-refractivity contribution in [2.24, 2.45) is 11.1 Å². The van der Waals surface area contributed by atoms with Gasteiger partial charge in [0.05, 0.1) is 17.0 Å². The molecule has 1 spiro atoms. The Morgan fingerprint density at radius 2 is 1.93 bits per heavy atom. The van der Waals surface area contributed by atoms with E-state index in [4.69, 9.17) is 5.73 Å². The molecule has 3 N–H and O–H groups in total. The third-order valence-electron chi connectivity index (χ3n) is 6.04. The number of nitrogens with zero attached hydrogens (tertiary/aromatic N) is 3. The molecule has 1 aromatic carbocycles. The highest BCUT2D eigenvalue weighted by atomic mass is 19.1. The first-order chi connectivity index (χ1) is 13.8. The summed E-state index contributed by atoms with van der Waals surface area (Å²) in [5, 5.41) is 11.1. The van der Waals surface area contributed by atoms with Crippen molar-refractivity contribution in [1.82, 2.24) is 9.97 Å². The molecule has 2 aromatic heterocycles. The summed E-state index contributed by atoms with van der Waals surface area (Å²) in [6, 6.07) is 7.61. The van der Waals surface area contributed by atoms with Crippen LogP contribution >= 0.6 is 0 Å². The van der Waals surface area contributed by atoms with Crippen molar-refractivity contribution in [3.63, 3.8) is 0 Å². The van der Waals surface area contributed by atoms with Gasteiger partial charge in [0, 0.05) is 59.7 Å². The Morgan fingerprint density at radius 1 is 1.17 bits per heavy atom. The molecule has 150 valence electrons. The van der Waals surface area contributed by atoms with E-state index in [1.54, 1.807) is 24.4 Å². The lowest BCUT2D eigenvalue weighted by atomic mass is 9.56. The van der Waals surface area contributed by atoms with Crippen molar-refractivity contribution in [2.45, 2.75) is 31.9 Å². The van der Waals surface area contributed by atoms with E-state index in [0.29, 0.717) is 22.3 Å². The molecule has 5 rings (SSSR count). The Morgan fingerprint density at radius 3 is 2.62 bits per heavy atom. The lowest BCUT2D eigenvalue weighted by molar-refractivity contribution is -0.126. The molecule has 1 aliphatic carbocycles. The molecule has 1 aliphatic heterocycles. The van der Waals surface area contributed by atoms with Crippen molar-refractivity contribution in [2.75, 3.05) is 18.0 Å². The molecule has 29 heavy (non-hydrogen) atoms. The smallest absolute Gasteiger partial charge is 0.140 e. The number of halogens is 2. The summed E-state index contributed by atoms with van der Waals surface area (Å²) >= 11 is 0. The van der Waals surface area contributed by atoms with E-state index in [2.05, 4.69) is 9.97 Å². The highest BCUT2D eigenvalue weighted by Crippen LogP contribution is 2.54. The fourth-order valence-corrected chi connectivity index (χ4v) is 5.03. The van der Waals surface area contributed by atoms with E-state index >= 15 is 4.39 Å². The molecule has 1 saturated heterocycles. The molecule has 1 saturated carbocycles. The van der Waals surface area contributed by atoms with Crippen LogP contribution in [0.15, 0.2) is 36.5 Å². The van der Waals surface area contributed by atoms with E-state index in [1.807, 2.05) is 11.8 Å². The van der Waals surface area contributed by atoms with Crippen molar-refractivity contribution in [1.29, 1.82) is 0 Å². The van der Waals surface area contributed by atoms with E-state index in [0.717, 1.165) is 25.9 Å². The van der Waals surface area contributed by atoms with Gasteiger partial charge < -0.3 is 15.7 Å². The van der Waals surface area contributed by atoms with Crippen LogP contribution in [0.4, 0.5) is 14.6 Å². The highest BCUT2D eigenvalue weighted by Gasteiger charge is 2.57. The number of fused-ring (bicyclic) bond motifs is 1. The van der Waals surface area contributed by atoms with Crippen molar-refractivity contribution < 1.29 is 13.9 Å². The molecule has 2 aliphatic rings. The van der Waals surface area contributed by atoms with Crippen LogP contribution < -0.4 is 10.6 Å². The predicted octanol–water partition coefficient (Wildman–Crippen LogP) is 3.38. The minimum Gasteiger partial charge on any atom is -0.390 e. The van der Waals surface area contributed by atoms with E-state index in [9.17, 15) is 9.50 Å². The van der Waals surface area contributed by atoms with Crippen molar-refractivity contribution >= 4 is 16.6 Å². The molecule has 3 aromatic rings. The summed E-state index contributed by atoms with van der Waals surface area (Å²) in [6.07, 6.45) is 3.08. The third-order valence-corrected chi connectivity index (χ3v) is 6.04. The molecule has 5 nitrogen and oxygen atoms in total. The first-order valence-electron chi connectivity index (χ1n) is 9.70. The second-order valence-electron chi connectivity index (χ2n) is 8.76. The highest BCUT2D eigenvalue weighted by molar-refractivity contribution is 5.87. The molecule has 7 heteroatoms. The molecule has 0 bridgehead atoms. The lowest BCUT2D eigenvalue weighted by Gasteiger charge is -2.62. The summed E-state index contributed by atoms with van der Waals surface area (Å²) in [7, 11) is 0. The average Bonchev–Trinajstić information content (AvgIpc) is 2.63. The molecular weight excluding hydrogens is 374 g/mol. The quantitative estimate of drug-likeness (QED) is 0.710. The number of benzene rings is 1. The second kappa shape index (κ2) is 6.18. The number of pyridine rings is 2. The normalized spacial score (nSPS) is 19.3. The molecule has 0 amide bonds. The largest absolute Gasteiger partial charge is 0.390 e. The lowest BCUT2D eigenvalue weighted by Crippen LogP contribution is -2.67. The van der Waals surface area contributed by atoms with Crippen LogP contribution in [-0.2, 0) is 6.54 Å². The minimum atomic E-state index is -0.599. The van der Waals surface area contributed by atoms with Gasteiger partial charge in [-0.25, -0.2) is 13.8 Å². The van der Waals surface area contributed by atoms with Crippen LogP contribution in [0.5, 0.6) is 0 Å². The summed E-state index contributed by atoms with van der Waals surface area (Å²) in [5.74, 6) is -0.420. The van der Waals surface area contributed by atoms with Gasteiger partial charge in [-0.05, 0) is 31.9 Å². The molecular formula is C22H22F2N4O. The van der Waals surface area contributed by atoms with Crippen LogP contribution in [0.1, 0.15) is 25.5 Å². The topological polar surface area (TPSA) is 75.3 Å². The predicted molar refractivity (Wildman–Crippen MR) is 107 cm³/mol. The minimum absolute atomic E-state index is 0.0947. The number of rotatable bonds is 3.